The van der Waals surface area contributed by atoms with Crippen molar-refractivity contribution in [3.8, 4) is 11.8 Å². The number of rotatable bonds is 5. The first kappa shape index (κ1) is 11.0. The van der Waals surface area contributed by atoms with Crippen LogP contribution >= 0.6 is 0 Å². The predicted molar refractivity (Wildman–Crippen MR) is 62.3 cm³/mol. The maximum atomic E-state index is 8.88. The Labute approximate surface area is 96.2 Å². The van der Waals surface area contributed by atoms with Gasteiger partial charge in [0.25, 0.3) is 0 Å². The van der Waals surface area contributed by atoms with Gasteiger partial charge in [-0.05, 0) is 32.0 Å². The van der Waals surface area contributed by atoms with Gasteiger partial charge < -0.3 is 9.64 Å². The van der Waals surface area contributed by atoms with Gasteiger partial charge in [0.05, 0.1) is 5.56 Å². The Kier molecular flexibility index (Phi) is 3.43. The van der Waals surface area contributed by atoms with Gasteiger partial charge in [-0.2, -0.15) is 5.26 Å². The Morgan fingerprint density at radius 2 is 2.19 bits per heavy atom. The van der Waals surface area contributed by atoms with Crippen molar-refractivity contribution in [3.63, 3.8) is 0 Å². The van der Waals surface area contributed by atoms with E-state index in [1.807, 2.05) is 18.2 Å². The Balaban J connectivity index is 1.82. The molecule has 1 aromatic carbocycles. The molecule has 0 aliphatic heterocycles. The van der Waals surface area contributed by atoms with Gasteiger partial charge in [-0.1, -0.05) is 12.1 Å². The van der Waals surface area contributed by atoms with Gasteiger partial charge >= 0.3 is 0 Å². The molecule has 1 fully saturated rings. The Morgan fingerprint density at radius 1 is 1.44 bits per heavy atom. The summed E-state index contributed by atoms with van der Waals surface area (Å²) in [6.45, 7) is 1.57. The molecular formula is C13H16N2O. The molecule has 16 heavy (non-hydrogen) atoms. The van der Waals surface area contributed by atoms with Gasteiger partial charge in [0.1, 0.15) is 18.4 Å². The summed E-state index contributed by atoms with van der Waals surface area (Å²) in [4.78, 5) is 2.31. The minimum atomic E-state index is 0.608. The van der Waals surface area contributed by atoms with Crippen molar-refractivity contribution in [2.45, 2.75) is 18.9 Å². The number of ether oxygens (including phenoxy) is 1. The Morgan fingerprint density at radius 3 is 2.88 bits per heavy atom. The minimum absolute atomic E-state index is 0.608. The highest BCUT2D eigenvalue weighted by Gasteiger charge is 2.25. The number of nitriles is 1. The number of para-hydroxylation sites is 1. The van der Waals surface area contributed by atoms with Crippen LogP contribution in [-0.2, 0) is 0 Å². The molecule has 0 atom stereocenters. The molecule has 0 saturated heterocycles. The molecular weight excluding hydrogens is 200 g/mol. The second kappa shape index (κ2) is 5.00. The number of nitrogens with zero attached hydrogens (tertiary/aromatic N) is 2. The Hall–Kier alpha value is -1.53. The summed E-state index contributed by atoms with van der Waals surface area (Å²) < 4.78 is 5.61. The van der Waals surface area contributed by atoms with Crippen LogP contribution in [0.2, 0.25) is 0 Å². The molecule has 1 aliphatic carbocycles. The number of likely N-dealkylation sites (N-methyl/N-ethyl adjacent to an activating group) is 1. The molecule has 0 amide bonds. The molecule has 0 heterocycles. The zero-order valence-corrected chi connectivity index (χ0v) is 9.52. The molecule has 1 saturated carbocycles. The lowest BCUT2D eigenvalue weighted by Gasteiger charge is -2.16. The summed E-state index contributed by atoms with van der Waals surface area (Å²) in [6, 6.07) is 10.2. The van der Waals surface area contributed by atoms with Crippen molar-refractivity contribution in [2.75, 3.05) is 20.2 Å². The third-order valence-electron chi connectivity index (χ3n) is 2.88. The number of hydrogen-bond acceptors (Lipinski definition) is 3. The molecule has 3 nitrogen and oxygen atoms in total. The van der Waals surface area contributed by atoms with E-state index < -0.39 is 0 Å². The Bertz CT molecular complexity index is 393. The predicted octanol–water partition coefficient (Wildman–Crippen LogP) is 2.03. The van der Waals surface area contributed by atoms with E-state index >= 15 is 0 Å². The molecule has 3 heteroatoms. The lowest BCUT2D eigenvalue weighted by atomic mass is 10.2. The monoisotopic (exact) mass is 216 g/mol. The van der Waals surface area contributed by atoms with Crippen LogP contribution < -0.4 is 4.74 Å². The summed E-state index contributed by atoms with van der Waals surface area (Å²) in [5.41, 5.74) is 0.608. The van der Waals surface area contributed by atoms with Crippen LogP contribution in [0.1, 0.15) is 18.4 Å². The molecule has 1 aromatic rings. The normalized spacial score (nSPS) is 14.8. The average molecular weight is 216 g/mol. The lowest BCUT2D eigenvalue weighted by molar-refractivity contribution is 0.231. The highest BCUT2D eigenvalue weighted by Crippen LogP contribution is 2.25. The molecule has 84 valence electrons. The van der Waals surface area contributed by atoms with Crippen LogP contribution in [-0.4, -0.2) is 31.1 Å². The smallest absolute Gasteiger partial charge is 0.137 e. The minimum Gasteiger partial charge on any atom is -0.491 e. The van der Waals surface area contributed by atoms with Crippen molar-refractivity contribution in [2.24, 2.45) is 0 Å². The van der Waals surface area contributed by atoms with E-state index in [2.05, 4.69) is 18.0 Å². The maximum Gasteiger partial charge on any atom is 0.137 e. The second-order valence-corrected chi connectivity index (χ2v) is 4.17. The molecule has 0 spiro atoms. The van der Waals surface area contributed by atoms with E-state index in [0.29, 0.717) is 17.9 Å². The van der Waals surface area contributed by atoms with Crippen molar-refractivity contribution in [3.05, 3.63) is 29.8 Å². The summed E-state index contributed by atoms with van der Waals surface area (Å²) in [5, 5.41) is 8.88. The van der Waals surface area contributed by atoms with E-state index in [1.165, 1.54) is 12.8 Å². The largest absolute Gasteiger partial charge is 0.491 e. The van der Waals surface area contributed by atoms with Gasteiger partial charge in [0, 0.05) is 12.6 Å². The average Bonchev–Trinajstić information content (AvgIpc) is 3.13. The van der Waals surface area contributed by atoms with Gasteiger partial charge in [-0.3, -0.25) is 0 Å². The van der Waals surface area contributed by atoms with Crippen LogP contribution in [0.3, 0.4) is 0 Å². The van der Waals surface area contributed by atoms with Gasteiger partial charge in [-0.25, -0.2) is 0 Å². The van der Waals surface area contributed by atoms with E-state index in [-0.39, 0.29) is 0 Å². The lowest BCUT2D eigenvalue weighted by Crippen LogP contribution is -2.26. The summed E-state index contributed by atoms with van der Waals surface area (Å²) in [6.07, 6.45) is 2.62. The fourth-order valence-corrected chi connectivity index (χ4v) is 1.68. The summed E-state index contributed by atoms with van der Waals surface area (Å²) in [5.74, 6) is 0.689. The zero-order valence-electron chi connectivity index (χ0n) is 9.52. The highest BCUT2D eigenvalue weighted by atomic mass is 16.5. The van der Waals surface area contributed by atoms with Crippen LogP contribution in [0, 0.1) is 11.3 Å². The molecule has 1 aliphatic rings. The first-order chi connectivity index (χ1) is 7.81. The first-order valence-electron chi connectivity index (χ1n) is 5.63. The highest BCUT2D eigenvalue weighted by molar-refractivity contribution is 5.42. The van der Waals surface area contributed by atoms with Gasteiger partial charge in [0.2, 0.25) is 0 Å². The van der Waals surface area contributed by atoms with Crippen LogP contribution in [0.4, 0.5) is 0 Å². The topological polar surface area (TPSA) is 36.3 Å². The van der Waals surface area contributed by atoms with Gasteiger partial charge in [0.15, 0.2) is 0 Å². The third kappa shape index (κ3) is 2.74. The van der Waals surface area contributed by atoms with E-state index in [4.69, 9.17) is 10.00 Å². The van der Waals surface area contributed by atoms with Crippen LogP contribution in [0.5, 0.6) is 5.75 Å². The maximum absolute atomic E-state index is 8.88. The first-order valence-corrected chi connectivity index (χ1v) is 5.63. The molecule has 0 unspecified atom stereocenters. The van der Waals surface area contributed by atoms with Crippen molar-refractivity contribution < 1.29 is 4.74 Å². The summed E-state index contributed by atoms with van der Waals surface area (Å²) in [7, 11) is 2.12. The molecule has 2 rings (SSSR count). The number of benzene rings is 1. The fraction of sp³-hybridized carbons (Fsp3) is 0.462. The van der Waals surface area contributed by atoms with Crippen LogP contribution in [0.25, 0.3) is 0 Å². The van der Waals surface area contributed by atoms with Crippen molar-refractivity contribution >= 4 is 0 Å². The zero-order chi connectivity index (χ0) is 11.4. The molecule has 0 N–H and O–H groups in total. The van der Waals surface area contributed by atoms with Crippen LogP contribution in [0.15, 0.2) is 24.3 Å². The van der Waals surface area contributed by atoms with Crippen molar-refractivity contribution in [1.29, 1.82) is 5.26 Å². The summed E-state index contributed by atoms with van der Waals surface area (Å²) >= 11 is 0. The van der Waals surface area contributed by atoms with Gasteiger partial charge in [-0.15, -0.1) is 0 Å². The standard InChI is InChI=1S/C13H16N2O/c1-15(12-6-7-12)8-9-16-13-5-3-2-4-11(13)10-14/h2-5,12H,6-9H2,1H3. The number of hydrogen-bond donors (Lipinski definition) is 0. The van der Waals surface area contributed by atoms with E-state index in [1.54, 1.807) is 6.07 Å². The molecule has 0 radical (unpaired) electrons. The quantitative estimate of drug-likeness (QED) is 0.755. The molecule has 0 aromatic heterocycles. The third-order valence-corrected chi connectivity index (χ3v) is 2.88. The molecule has 0 bridgehead atoms. The fourth-order valence-electron chi connectivity index (χ4n) is 1.68. The van der Waals surface area contributed by atoms with E-state index in [9.17, 15) is 0 Å². The van der Waals surface area contributed by atoms with E-state index in [0.717, 1.165) is 12.6 Å². The second-order valence-electron chi connectivity index (χ2n) is 4.17. The van der Waals surface area contributed by atoms with Crippen molar-refractivity contribution in [1.82, 2.24) is 4.90 Å². The SMILES string of the molecule is CN(CCOc1ccccc1C#N)C1CC1.